The van der Waals surface area contributed by atoms with Crippen LogP contribution in [0.15, 0.2) is 0 Å². The third kappa shape index (κ3) is 3.60. The molecular formula is C14H25NO4. The number of aliphatic hydroxyl groups is 1. The number of amides is 1. The number of ether oxygens (including phenoxy) is 2. The number of piperidine rings is 1. The maximum atomic E-state index is 12.0. The van der Waals surface area contributed by atoms with E-state index in [1.165, 1.54) is 0 Å². The normalized spacial score (nSPS) is 26.7. The molecule has 0 unspecified atom stereocenters. The highest BCUT2D eigenvalue weighted by molar-refractivity contribution is 5.68. The number of nitrogens with zero attached hydrogens (tertiary/aromatic N) is 1. The van der Waals surface area contributed by atoms with E-state index in [4.69, 9.17) is 14.6 Å². The molecule has 0 bridgehead atoms. The van der Waals surface area contributed by atoms with Gasteiger partial charge in [0.05, 0.1) is 18.3 Å². The first kappa shape index (κ1) is 14.6. The smallest absolute Gasteiger partial charge is 0.410 e. The summed E-state index contributed by atoms with van der Waals surface area (Å²) in [4.78, 5) is 13.7. The third-order valence-corrected chi connectivity index (χ3v) is 3.87. The minimum Gasteiger partial charge on any atom is -0.444 e. The van der Waals surface area contributed by atoms with Gasteiger partial charge in [0.2, 0.25) is 0 Å². The van der Waals surface area contributed by atoms with Gasteiger partial charge in [-0.3, -0.25) is 0 Å². The molecular weight excluding hydrogens is 246 g/mol. The minimum atomic E-state index is -0.446. The van der Waals surface area contributed by atoms with Gasteiger partial charge in [-0.15, -0.1) is 0 Å². The summed E-state index contributed by atoms with van der Waals surface area (Å²) < 4.78 is 11.3. The van der Waals surface area contributed by atoms with Crippen LogP contribution in [-0.4, -0.2) is 53.1 Å². The topological polar surface area (TPSA) is 59.0 Å². The van der Waals surface area contributed by atoms with Crippen molar-refractivity contribution in [1.29, 1.82) is 0 Å². The number of carbonyl (C=O) groups excluding carboxylic acids is 1. The molecule has 2 rings (SSSR count). The fourth-order valence-electron chi connectivity index (χ4n) is 2.82. The minimum absolute atomic E-state index is 0.0203. The Bertz CT molecular complexity index is 329. The zero-order valence-electron chi connectivity index (χ0n) is 12.1. The molecule has 110 valence electrons. The van der Waals surface area contributed by atoms with Gasteiger partial charge in [0.15, 0.2) is 0 Å². The molecule has 2 heterocycles. The van der Waals surface area contributed by atoms with Gasteiger partial charge in [0.1, 0.15) is 5.60 Å². The predicted octanol–water partition coefficient (Wildman–Crippen LogP) is 1.93. The van der Waals surface area contributed by atoms with E-state index in [0.717, 1.165) is 25.7 Å². The van der Waals surface area contributed by atoms with E-state index in [-0.39, 0.29) is 24.4 Å². The molecule has 1 amide bonds. The lowest BCUT2D eigenvalue weighted by Crippen LogP contribution is -2.48. The molecule has 19 heavy (non-hydrogen) atoms. The van der Waals surface area contributed by atoms with Crippen LogP contribution in [0.4, 0.5) is 4.79 Å². The van der Waals surface area contributed by atoms with Crippen LogP contribution in [0.3, 0.4) is 0 Å². The van der Waals surface area contributed by atoms with E-state index in [2.05, 4.69) is 0 Å². The Morgan fingerprint density at radius 1 is 1.37 bits per heavy atom. The molecule has 5 nitrogen and oxygen atoms in total. The first-order valence-corrected chi connectivity index (χ1v) is 7.10. The summed E-state index contributed by atoms with van der Waals surface area (Å²) in [5.41, 5.74) is -0.566. The van der Waals surface area contributed by atoms with E-state index in [1.807, 2.05) is 20.8 Å². The Morgan fingerprint density at radius 2 is 2.00 bits per heavy atom. The quantitative estimate of drug-likeness (QED) is 0.791. The van der Waals surface area contributed by atoms with Gasteiger partial charge in [-0.05, 0) is 46.5 Å². The average molecular weight is 271 g/mol. The van der Waals surface area contributed by atoms with Crippen molar-refractivity contribution in [3.05, 3.63) is 0 Å². The summed E-state index contributed by atoms with van der Waals surface area (Å²) in [6.45, 7) is 7.07. The van der Waals surface area contributed by atoms with Crippen LogP contribution in [0.1, 0.15) is 46.5 Å². The number of hydrogen-bond acceptors (Lipinski definition) is 4. The number of hydrogen-bond donors (Lipinski definition) is 1. The Morgan fingerprint density at radius 3 is 2.47 bits per heavy atom. The summed E-state index contributed by atoms with van der Waals surface area (Å²) in [5, 5.41) is 9.14. The number of rotatable bonds is 1. The molecule has 2 fully saturated rings. The number of carbonyl (C=O) groups is 1. The van der Waals surface area contributed by atoms with Crippen molar-refractivity contribution in [2.24, 2.45) is 0 Å². The lowest BCUT2D eigenvalue weighted by molar-refractivity contribution is -0.0893. The Hall–Kier alpha value is -0.810. The monoisotopic (exact) mass is 271 g/mol. The van der Waals surface area contributed by atoms with Crippen molar-refractivity contribution in [1.82, 2.24) is 4.90 Å². The summed E-state index contributed by atoms with van der Waals surface area (Å²) in [6.07, 6.45) is 3.32. The summed E-state index contributed by atoms with van der Waals surface area (Å²) in [6, 6.07) is 0. The van der Waals surface area contributed by atoms with E-state index >= 15 is 0 Å². The highest BCUT2D eigenvalue weighted by Gasteiger charge is 2.43. The van der Waals surface area contributed by atoms with Gasteiger partial charge in [-0.2, -0.15) is 0 Å². The van der Waals surface area contributed by atoms with E-state index in [9.17, 15) is 4.79 Å². The molecule has 0 aliphatic carbocycles. The van der Waals surface area contributed by atoms with E-state index in [1.54, 1.807) is 4.90 Å². The van der Waals surface area contributed by atoms with Crippen molar-refractivity contribution < 1.29 is 19.4 Å². The maximum Gasteiger partial charge on any atom is 0.410 e. The van der Waals surface area contributed by atoms with Crippen LogP contribution in [0.25, 0.3) is 0 Å². The van der Waals surface area contributed by atoms with Gasteiger partial charge in [-0.25, -0.2) is 4.79 Å². The van der Waals surface area contributed by atoms with Crippen molar-refractivity contribution in [2.75, 3.05) is 19.7 Å². The van der Waals surface area contributed by atoms with Crippen LogP contribution in [-0.2, 0) is 9.47 Å². The van der Waals surface area contributed by atoms with Crippen LogP contribution in [0, 0.1) is 0 Å². The second-order valence-electron chi connectivity index (χ2n) is 6.61. The fourth-order valence-corrected chi connectivity index (χ4v) is 2.82. The zero-order valence-corrected chi connectivity index (χ0v) is 12.1. The van der Waals surface area contributed by atoms with Gasteiger partial charge in [0.25, 0.3) is 0 Å². The largest absolute Gasteiger partial charge is 0.444 e. The molecule has 0 aromatic heterocycles. The standard InChI is InChI=1S/C14H25NO4/c1-13(2,3)19-12(17)15-8-6-14(7-9-15)5-4-11(10-16)18-14/h11,16H,4-10H2,1-3H3/t11-/m0/s1. The number of aliphatic hydroxyl groups excluding tert-OH is 1. The number of likely N-dealkylation sites (tertiary alicyclic amines) is 1. The Balaban J connectivity index is 1.84. The molecule has 2 aliphatic heterocycles. The van der Waals surface area contributed by atoms with E-state index in [0.29, 0.717) is 13.1 Å². The van der Waals surface area contributed by atoms with Gasteiger partial charge in [-0.1, -0.05) is 0 Å². The van der Waals surface area contributed by atoms with Gasteiger partial charge in [0, 0.05) is 13.1 Å². The van der Waals surface area contributed by atoms with Crippen LogP contribution < -0.4 is 0 Å². The summed E-state index contributed by atoms with van der Waals surface area (Å²) in [7, 11) is 0. The first-order chi connectivity index (χ1) is 8.84. The highest BCUT2D eigenvalue weighted by atomic mass is 16.6. The molecule has 0 radical (unpaired) electrons. The molecule has 0 aromatic carbocycles. The lowest BCUT2D eigenvalue weighted by Gasteiger charge is -2.39. The van der Waals surface area contributed by atoms with Crippen LogP contribution in [0.2, 0.25) is 0 Å². The molecule has 1 N–H and O–H groups in total. The maximum absolute atomic E-state index is 12.0. The Kier molecular flexibility index (Phi) is 4.06. The highest BCUT2D eigenvalue weighted by Crippen LogP contribution is 2.38. The molecule has 1 spiro atoms. The summed E-state index contributed by atoms with van der Waals surface area (Å²) in [5.74, 6) is 0. The molecule has 0 saturated carbocycles. The van der Waals surface area contributed by atoms with Crippen molar-refractivity contribution >= 4 is 6.09 Å². The van der Waals surface area contributed by atoms with Crippen molar-refractivity contribution in [2.45, 2.75) is 63.8 Å². The molecule has 0 aromatic rings. The Labute approximate surface area is 114 Å². The second kappa shape index (κ2) is 5.29. The molecule has 2 aliphatic rings. The van der Waals surface area contributed by atoms with E-state index < -0.39 is 5.60 Å². The van der Waals surface area contributed by atoms with Crippen LogP contribution in [0.5, 0.6) is 0 Å². The van der Waals surface area contributed by atoms with Crippen molar-refractivity contribution in [3.8, 4) is 0 Å². The molecule has 1 atom stereocenters. The first-order valence-electron chi connectivity index (χ1n) is 7.10. The lowest BCUT2D eigenvalue weighted by atomic mass is 9.89. The molecule has 5 heteroatoms. The van der Waals surface area contributed by atoms with Gasteiger partial charge >= 0.3 is 6.09 Å². The molecule has 2 saturated heterocycles. The summed E-state index contributed by atoms with van der Waals surface area (Å²) >= 11 is 0. The van der Waals surface area contributed by atoms with Crippen molar-refractivity contribution in [3.63, 3.8) is 0 Å². The second-order valence-corrected chi connectivity index (χ2v) is 6.61. The predicted molar refractivity (Wildman–Crippen MR) is 71.0 cm³/mol. The third-order valence-electron chi connectivity index (χ3n) is 3.87. The van der Waals surface area contributed by atoms with Crippen LogP contribution >= 0.6 is 0 Å². The SMILES string of the molecule is CC(C)(C)OC(=O)N1CCC2(CC[C@@H](CO)O2)CC1. The van der Waals surface area contributed by atoms with Gasteiger partial charge < -0.3 is 19.5 Å². The average Bonchev–Trinajstić information content (AvgIpc) is 2.71. The fraction of sp³-hybridized carbons (Fsp3) is 0.929. The zero-order chi connectivity index (χ0) is 14.1.